The summed E-state index contributed by atoms with van der Waals surface area (Å²) in [5.41, 5.74) is -2.30. The van der Waals surface area contributed by atoms with Gasteiger partial charge in [-0.1, -0.05) is 43.2 Å². The van der Waals surface area contributed by atoms with Crippen LogP contribution in [0, 0.1) is 5.92 Å². The molecular weight excluding hydrogens is 650 g/mol. The molecule has 1 aromatic carbocycles. The number of benzene rings is 1. The average molecular weight is 698 g/mol. The van der Waals surface area contributed by atoms with E-state index in [2.05, 4.69) is 20.3 Å². The van der Waals surface area contributed by atoms with Gasteiger partial charge < -0.3 is 25.0 Å². The normalized spacial score (nSPS) is 26.5. The van der Waals surface area contributed by atoms with Gasteiger partial charge in [0.05, 0.1) is 11.8 Å². The molecule has 13 nitrogen and oxygen atoms in total. The molecule has 0 radical (unpaired) electrons. The van der Waals surface area contributed by atoms with Crippen LogP contribution in [0.25, 0.3) is 10.8 Å². The average Bonchev–Trinajstić information content (AvgIpc) is 3.55. The highest BCUT2D eigenvalue weighted by molar-refractivity contribution is 7.90. The lowest BCUT2D eigenvalue weighted by molar-refractivity contribution is -0.141. The third-order valence-electron chi connectivity index (χ3n) is 9.11. The third-order valence-corrected chi connectivity index (χ3v) is 10.8. The molecule has 1 aliphatic carbocycles. The van der Waals surface area contributed by atoms with Crippen molar-refractivity contribution in [1.82, 2.24) is 25.2 Å². The predicted molar refractivity (Wildman–Crippen MR) is 183 cm³/mol. The fraction of sp³-hybridized carbons (Fsp3) is 0.571. The number of pyridine rings is 1. The van der Waals surface area contributed by atoms with Crippen molar-refractivity contribution in [2.24, 2.45) is 5.92 Å². The summed E-state index contributed by atoms with van der Waals surface area (Å²) in [5.74, 6) is -2.00. The lowest BCUT2D eigenvalue weighted by Gasteiger charge is -2.30. The molecule has 0 spiro atoms. The minimum absolute atomic E-state index is 0.0125. The third kappa shape index (κ3) is 8.52. The molecule has 3 heterocycles. The quantitative estimate of drug-likeness (QED) is 0.380. The second-order valence-electron chi connectivity index (χ2n) is 14.4. The summed E-state index contributed by atoms with van der Waals surface area (Å²) in [6.45, 7) is 8.12. The van der Waals surface area contributed by atoms with Crippen molar-refractivity contribution in [2.75, 3.05) is 6.54 Å². The maximum atomic E-state index is 14.3. The molecular formula is C35H47N5O8S. The Morgan fingerprint density at radius 2 is 1.86 bits per heavy atom. The molecule has 1 saturated carbocycles. The molecule has 2 aromatic rings. The number of amides is 4. The van der Waals surface area contributed by atoms with E-state index in [1.54, 1.807) is 27.0 Å². The molecule has 266 valence electrons. The van der Waals surface area contributed by atoms with Crippen molar-refractivity contribution in [3.63, 3.8) is 0 Å². The number of ether oxygens (including phenoxy) is 2. The van der Waals surface area contributed by atoms with Crippen molar-refractivity contribution in [1.29, 1.82) is 0 Å². The van der Waals surface area contributed by atoms with Crippen molar-refractivity contribution in [3.8, 4) is 5.88 Å². The van der Waals surface area contributed by atoms with E-state index < -0.39 is 74.3 Å². The van der Waals surface area contributed by atoms with Crippen LogP contribution in [0.2, 0.25) is 0 Å². The van der Waals surface area contributed by atoms with Crippen LogP contribution in [-0.2, 0) is 29.1 Å². The first-order valence-corrected chi connectivity index (χ1v) is 18.5. The molecule has 49 heavy (non-hydrogen) atoms. The Kier molecular flexibility index (Phi) is 10.6. The number of sulfonamides is 1. The number of allylic oxidation sites excluding steroid dienone is 1. The molecule has 0 unspecified atom stereocenters. The van der Waals surface area contributed by atoms with E-state index in [0.717, 1.165) is 23.6 Å². The second-order valence-corrected chi connectivity index (χ2v) is 16.6. The molecule has 3 N–H and O–H groups in total. The van der Waals surface area contributed by atoms with Gasteiger partial charge in [0.1, 0.15) is 29.3 Å². The Bertz CT molecular complexity index is 1720. The number of carbonyl (C=O) groups is 4. The Hall–Kier alpha value is -4.20. The Morgan fingerprint density at radius 1 is 1.10 bits per heavy atom. The van der Waals surface area contributed by atoms with Gasteiger partial charge >= 0.3 is 6.09 Å². The van der Waals surface area contributed by atoms with Crippen LogP contribution in [0.5, 0.6) is 5.88 Å². The van der Waals surface area contributed by atoms with Crippen LogP contribution in [0.3, 0.4) is 0 Å². The minimum atomic E-state index is -3.98. The van der Waals surface area contributed by atoms with Crippen LogP contribution < -0.4 is 20.1 Å². The zero-order valence-corrected chi connectivity index (χ0v) is 29.5. The summed E-state index contributed by atoms with van der Waals surface area (Å²) in [6, 6.07) is 7.35. The summed E-state index contributed by atoms with van der Waals surface area (Å²) in [5, 5.41) is 6.39. The Morgan fingerprint density at radius 3 is 2.59 bits per heavy atom. The highest BCUT2D eigenvalue weighted by atomic mass is 32.2. The van der Waals surface area contributed by atoms with Crippen LogP contribution in [-0.4, -0.2) is 83.2 Å². The van der Waals surface area contributed by atoms with Gasteiger partial charge in [-0.2, -0.15) is 0 Å². The summed E-state index contributed by atoms with van der Waals surface area (Å²) >= 11 is 0. The van der Waals surface area contributed by atoms with Gasteiger partial charge in [-0.05, 0) is 77.8 Å². The standard InChI is InChI=1S/C35H47N5O8S/c1-22(2)49(45,46)39-32(43)35-20-24(35)14-9-7-6-8-10-16-27(37-33(44)48-34(3,4)5)31(42)40-21-25(19-28(40)29(41)38-35)47-30-26-15-12-11-13-23(26)17-18-36-30/h9,11-15,17-18,22,24-25,27-28H,6-8,10,16,19-21H2,1-5H3,(H,37,44)(H,38,41)(H,39,43)/t24-,25-,27+,28+,35-/m1/s1. The second kappa shape index (κ2) is 14.3. The van der Waals surface area contributed by atoms with Crippen LogP contribution in [0.1, 0.15) is 79.6 Å². The van der Waals surface area contributed by atoms with Crippen LogP contribution in [0.4, 0.5) is 4.79 Å². The summed E-state index contributed by atoms with van der Waals surface area (Å²) in [6.07, 6.45) is 7.51. The van der Waals surface area contributed by atoms with E-state index in [1.165, 1.54) is 18.7 Å². The van der Waals surface area contributed by atoms with E-state index in [9.17, 15) is 27.6 Å². The van der Waals surface area contributed by atoms with E-state index in [-0.39, 0.29) is 19.4 Å². The van der Waals surface area contributed by atoms with Gasteiger partial charge in [-0.3, -0.25) is 19.1 Å². The molecule has 3 aliphatic rings. The fourth-order valence-electron chi connectivity index (χ4n) is 6.30. The van der Waals surface area contributed by atoms with Crippen molar-refractivity contribution >= 4 is 44.6 Å². The molecule has 2 fully saturated rings. The van der Waals surface area contributed by atoms with Gasteiger partial charge in [0.25, 0.3) is 5.91 Å². The Labute approximate surface area is 287 Å². The van der Waals surface area contributed by atoms with E-state index in [0.29, 0.717) is 25.1 Å². The number of carbonyl (C=O) groups excluding carboxylic acids is 4. The van der Waals surface area contributed by atoms with Crippen molar-refractivity contribution in [2.45, 2.75) is 114 Å². The number of hydrogen-bond donors (Lipinski definition) is 3. The largest absolute Gasteiger partial charge is 0.472 e. The monoisotopic (exact) mass is 697 g/mol. The summed E-state index contributed by atoms with van der Waals surface area (Å²) in [7, 11) is -3.98. The predicted octanol–water partition coefficient (Wildman–Crippen LogP) is 3.73. The minimum Gasteiger partial charge on any atom is -0.472 e. The van der Waals surface area contributed by atoms with Gasteiger partial charge in [-0.15, -0.1) is 0 Å². The highest BCUT2D eigenvalue weighted by Crippen LogP contribution is 2.46. The highest BCUT2D eigenvalue weighted by Gasteiger charge is 2.61. The van der Waals surface area contributed by atoms with E-state index in [4.69, 9.17) is 9.47 Å². The zero-order valence-electron chi connectivity index (χ0n) is 28.7. The molecule has 5 atom stereocenters. The van der Waals surface area contributed by atoms with E-state index in [1.807, 2.05) is 42.5 Å². The number of nitrogens with one attached hydrogen (secondary N) is 3. The summed E-state index contributed by atoms with van der Waals surface area (Å²) in [4.78, 5) is 60.8. The number of alkyl carbamates (subject to hydrolysis) is 1. The molecule has 5 rings (SSSR count). The molecule has 1 aromatic heterocycles. The smallest absolute Gasteiger partial charge is 0.408 e. The molecule has 4 amide bonds. The van der Waals surface area contributed by atoms with Gasteiger partial charge in [-0.25, -0.2) is 18.2 Å². The fourth-order valence-corrected chi connectivity index (χ4v) is 6.97. The lowest BCUT2D eigenvalue weighted by Crippen LogP contribution is -2.58. The number of hydrogen-bond acceptors (Lipinski definition) is 9. The summed E-state index contributed by atoms with van der Waals surface area (Å²) < 4.78 is 39.3. The van der Waals surface area contributed by atoms with Gasteiger partial charge in [0.2, 0.25) is 27.7 Å². The lowest BCUT2D eigenvalue weighted by atomic mass is 10.0. The van der Waals surface area contributed by atoms with Gasteiger partial charge in [0, 0.05) is 23.9 Å². The first-order valence-electron chi connectivity index (χ1n) is 16.9. The molecule has 14 heteroatoms. The number of fused-ring (bicyclic) bond motifs is 3. The SMILES string of the molecule is CC(C)S(=O)(=O)NC(=O)[C@@]12C[C@H]1C=CCCCCC[C@H](NC(=O)OC(C)(C)C)C(=O)N1C[C@H](Oc3nccc4ccccc34)C[C@H]1C(=O)N2. The number of aromatic nitrogens is 1. The number of nitrogens with zero attached hydrogens (tertiary/aromatic N) is 2. The maximum Gasteiger partial charge on any atom is 0.408 e. The van der Waals surface area contributed by atoms with Crippen molar-refractivity contribution in [3.05, 3.63) is 48.7 Å². The van der Waals surface area contributed by atoms with Crippen molar-refractivity contribution < 1.29 is 37.1 Å². The molecule has 2 aliphatic heterocycles. The molecule has 0 bridgehead atoms. The first-order chi connectivity index (χ1) is 23.1. The van der Waals surface area contributed by atoms with Crippen LogP contribution in [0.15, 0.2) is 48.7 Å². The zero-order chi connectivity index (χ0) is 35.6. The van der Waals surface area contributed by atoms with E-state index >= 15 is 0 Å². The topological polar surface area (TPSA) is 173 Å². The van der Waals surface area contributed by atoms with Gasteiger partial charge in [0.15, 0.2) is 0 Å². The molecule has 1 saturated heterocycles. The van der Waals surface area contributed by atoms with Crippen LogP contribution >= 0.6 is 0 Å². The first kappa shape index (κ1) is 36.1. The number of rotatable bonds is 6. The maximum absolute atomic E-state index is 14.3. The Balaban J connectivity index is 1.47.